The molecule has 0 saturated carbocycles. The Morgan fingerprint density at radius 1 is 1.62 bits per heavy atom. The number of anilines is 1. The van der Waals surface area contributed by atoms with Gasteiger partial charge in [-0.25, -0.2) is 9.97 Å². The van der Waals surface area contributed by atoms with Gasteiger partial charge in [-0.15, -0.1) is 12.3 Å². The highest BCUT2D eigenvalue weighted by Gasteiger charge is 2.15. The minimum Gasteiger partial charge on any atom is -0.319 e. The first-order chi connectivity index (χ1) is 7.56. The van der Waals surface area contributed by atoms with Crippen LogP contribution in [0, 0.1) is 12.3 Å². The van der Waals surface area contributed by atoms with Crippen LogP contribution in [0.4, 0.5) is 5.82 Å². The lowest BCUT2D eigenvalue weighted by atomic mass is 10.2. The molecule has 16 heavy (non-hydrogen) atoms. The fraction of sp³-hybridized carbons (Fsp3) is 0.222. The second kappa shape index (κ2) is 5.66. The lowest BCUT2D eigenvalue weighted by molar-refractivity contribution is -0.117. The van der Waals surface area contributed by atoms with E-state index in [2.05, 4.69) is 21.2 Å². The van der Waals surface area contributed by atoms with Crippen LogP contribution in [-0.2, 0) is 4.79 Å². The zero-order valence-corrected chi connectivity index (χ0v) is 9.59. The molecule has 0 fully saturated rings. The molecule has 1 atom stereocenters. The number of terminal acetylenes is 1. The first kappa shape index (κ1) is 12.7. The predicted octanol–water partition coefficient (Wildman–Crippen LogP) is 1.07. The molecule has 1 heterocycles. The first-order valence-corrected chi connectivity index (χ1v) is 4.97. The summed E-state index contributed by atoms with van der Waals surface area (Å²) in [5.74, 6) is 1.92. The van der Waals surface area contributed by atoms with Gasteiger partial charge in [0.2, 0.25) is 5.91 Å². The van der Waals surface area contributed by atoms with Crippen molar-refractivity contribution in [3.63, 3.8) is 0 Å². The average Bonchev–Trinajstić information content (AvgIpc) is 2.25. The second-order valence-corrected chi connectivity index (χ2v) is 3.57. The van der Waals surface area contributed by atoms with Gasteiger partial charge in [0, 0.05) is 6.42 Å². The lowest BCUT2D eigenvalue weighted by Gasteiger charge is -2.09. The number of halogens is 2. The van der Waals surface area contributed by atoms with Crippen molar-refractivity contribution in [2.75, 3.05) is 5.32 Å². The molecule has 0 spiro atoms. The molecule has 0 saturated heterocycles. The molecule has 0 radical (unpaired) electrons. The Balaban J connectivity index is 2.78. The summed E-state index contributed by atoms with van der Waals surface area (Å²) < 4.78 is 0. The Labute approximate surface area is 102 Å². The Kier molecular flexibility index (Phi) is 4.50. The van der Waals surface area contributed by atoms with Crippen molar-refractivity contribution in [1.29, 1.82) is 0 Å². The van der Waals surface area contributed by atoms with E-state index in [-0.39, 0.29) is 22.4 Å². The number of rotatable bonds is 3. The fourth-order valence-electron chi connectivity index (χ4n) is 0.865. The highest BCUT2D eigenvalue weighted by molar-refractivity contribution is 6.42. The van der Waals surface area contributed by atoms with Gasteiger partial charge >= 0.3 is 0 Å². The van der Waals surface area contributed by atoms with Gasteiger partial charge in [0.1, 0.15) is 11.3 Å². The molecule has 5 nitrogen and oxygen atoms in total. The number of aromatic nitrogens is 2. The molecule has 1 unspecified atom stereocenters. The van der Waals surface area contributed by atoms with Crippen molar-refractivity contribution in [1.82, 2.24) is 9.97 Å². The zero-order valence-electron chi connectivity index (χ0n) is 8.08. The normalized spacial score (nSPS) is 11.6. The summed E-state index contributed by atoms with van der Waals surface area (Å²) in [5, 5.41) is 2.52. The maximum absolute atomic E-state index is 11.5. The predicted molar refractivity (Wildman–Crippen MR) is 62.1 cm³/mol. The SMILES string of the molecule is C#CCC(N)C(=O)Nc1ncnc(Cl)c1Cl. The molecule has 0 aliphatic carbocycles. The molecule has 0 aromatic carbocycles. The third-order valence-electron chi connectivity index (χ3n) is 1.66. The summed E-state index contributed by atoms with van der Waals surface area (Å²) in [5.41, 5.74) is 5.49. The van der Waals surface area contributed by atoms with E-state index >= 15 is 0 Å². The van der Waals surface area contributed by atoms with Gasteiger partial charge in [-0.2, -0.15) is 0 Å². The number of nitrogens with one attached hydrogen (secondary N) is 1. The van der Waals surface area contributed by atoms with E-state index in [0.717, 1.165) is 0 Å². The largest absolute Gasteiger partial charge is 0.319 e. The van der Waals surface area contributed by atoms with Crippen molar-refractivity contribution in [3.05, 3.63) is 16.5 Å². The number of carbonyl (C=O) groups excluding carboxylic acids is 1. The van der Waals surface area contributed by atoms with Gasteiger partial charge in [0.05, 0.1) is 6.04 Å². The number of carbonyl (C=O) groups is 1. The van der Waals surface area contributed by atoms with Crippen LogP contribution in [0.1, 0.15) is 6.42 Å². The molecule has 0 aliphatic heterocycles. The zero-order chi connectivity index (χ0) is 12.1. The van der Waals surface area contributed by atoms with Crippen molar-refractivity contribution >= 4 is 34.9 Å². The van der Waals surface area contributed by atoms with E-state index in [4.69, 9.17) is 35.4 Å². The van der Waals surface area contributed by atoms with E-state index < -0.39 is 11.9 Å². The number of nitrogens with zero attached hydrogens (tertiary/aromatic N) is 2. The van der Waals surface area contributed by atoms with Gasteiger partial charge in [-0.1, -0.05) is 23.2 Å². The molecular formula is C9H8Cl2N4O. The molecule has 1 aromatic heterocycles. The summed E-state index contributed by atoms with van der Waals surface area (Å²) in [6, 6.07) is -0.810. The number of hydrogen-bond donors (Lipinski definition) is 2. The number of hydrogen-bond acceptors (Lipinski definition) is 4. The summed E-state index contributed by atoms with van der Waals surface area (Å²) >= 11 is 11.4. The van der Waals surface area contributed by atoms with Crippen LogP contribution in [0.2, 0.25) is 10.2 Å². The Bertz CT molecular complexity index is 444. The first-order valence-electron chi connectivity index (χ1n) is 4.22. The summed E-state index contributed by atoms with van der Waals surface area (Å²) in [7, 11) is 0. The average molecular weight is 259 g/mol. The monoisotopic (exact) mass is 258 g/mol. The van der Waals surface area contributed by atoms with E-state index in [1.807, 2.05) is 0 Å². The van der Waals surface area contributed by atoms with Gasteiger partial charge < -0.3 is 11.1 Å². The van der Waals surface area contributed by atoms with Crippen LogP contribution in [0.5, 0.6) is 0 Å². The second-order valence-electron chi connectivity index (χ2n) is 2.83. The number of amides is 1. The Hall–Kier alpha value is -1.35. The van der Waals surface area contributed by atoms with Crippen molar-refractivity contribution in [2.45, 2.75) is 12.5 Å². The molecule has 7 heteroatoms. The number of nitrogens with two attached hydrogens (primary N) is 1. The third kappa shape index (κ3) is 3.07. The molecular weight excluding hydrogens is 251 g/mol. The molecule has 0 aliphatic rings. The van der Waals surface area contributed by atoms with Gasteiger partial charge in [0.25, 0.3) is 0 Å². The minimum absolute atomic E-state index is 0.0532. The Morgan fingerprint density at radius 2 is 2.31 bits per heavy atom. The van der Waals surface area contributed by atoms with Crippen LogP contribution in [-0.4, -0.2) is 21.9 Å². The van der Waals surface area contributed by atoms with Crippen molar-refractivity contribution < 1.29 is 4.79 Å². The van der Waals surface area contributed by atoms with Crippen LogP contribution in [0.15, 0.2) is 6.33 Å². The van der Waals surface area contributed by atoms with Gasteiger partial charge in [-0.05, 0) is 0 Å². The summed E-state index contributed by atoms with van der Waals surface area (Å²) in [4.78, 5) is 18.9. The summed E-state index contributed by atoms with van der Waals surface area (Å²) in [6.45, 7) is 0. The van der Waals surface area contributed by atoms with Crippen LogP contribution >= 0.6 is 23.2 Å². The maximum atomic E-state index is 11.5. The molecule has 0 bridgehead atoms. The van der Waals surface area contributed by atoms with E-state index in [9.17, 15) is 4.79 Å². The van der Waals surface area contributed by atoms with Gasteiger partial charge in [0.15, 0.2) is 11.0 Å². The quantitative estimate of drug-likeness (QED) is 0.628. The highest BCUT2D eigenvalue weighted by atomic mass is 35.5. The van der Waals surface area contributed by atoms with Crippen LogP contribution in [0.25, 0.3) is 0 Å². The minimum atomic E-state index is -0.810. The smallest absolute Gasteiger partial charge is 0.243 e. The summed E-state index contributed by atoms with van der Waals surface area (Å²) in [6.07, 6.45) is 6.34. The van der Waals surface area contributed by atoms with E-state index in [0.29, 0.717) is 0 Å². The lowest BCUT2D eigenvalue weighted by Crippen LogP contribution is -2.35. The molecule has 1 amide bonds. The van der Waals surface area contributed by atoms with Crippen LogP contribution < -0.4 is 11.1 Å². The third-order valence-corrected chi connectivity index (χ3v) is 2.40. The van der Waals surface area contributed by atoms with E-state index in [1.165, 1.54) is 6.33 Å². The molecule has 1 aromatic rings. The van der Waals surface area contributed by atoms with Gasteiger partial charge in [-0.3, -0.25) is 4.79 Å². The molecule has 84 valence electrons. The standard InChI is InChI=1S/C9H8Cl2N4O/c1-2-3-5(12)9(16)15-8-6(10)7(11)13-4-14-8/h1,4-5H,3,12H2,(H,13,14,15,16). The topological polar surface area (TPSA) is 80.9 Å². The highest BCUT2D eigenvalue weighted by Crippen LogP contribution is 2.25. The van der Waals surface area contributed by atoms with E-state index in [1.54, 1.807) is 0 Å². The fourth-order valence-corrected chi connectivity index (χ4v) is 1.14. The van der Waals surface area contributed by atoms with Crippen molar-refractivity contribution in [2.24, 2.45) is 5.73 Å². The molecule has 1 rings (SSSR count). The maximum Gasteiger partial charge on any atom is 0.243 e. The Morgan fingerprint density at radius 3 is 2.94 bits per heavy atom. The molecule has 3 N–H and O–H groups in total. The van der Waals surface area contributed by atoms with Crippen LogP contribution in [0.3, 0.4) is 0 Å². The van der Waals surface area contributed by atoms with Crippen molar-refractivity contribution in [3.8, 4) is 12.3 Å².